The number of thiocarbonyl (C=S) groups is 1. The second-order valence-electron chi connectivity index (χ2n) is 6.52. The maximum absolute atomic E-state index is 12.6. The van der Waals surface area contributed by atoms with Crippen molar-refractivity contribution in [3.63, 3.8) is 0 Å². The lowest BCUT2D eigenvalue weighted by atomic mass is 10.2. The van der Waals surface area contributed by atoms with Crippen LogP contribution in [0.2, 0.25) is 5.02 Å². The highest BCUT2D eigenvalue weighted by Crippen LogP contribution is 2.29. The summed E-state index contributed by atoms with van der Waals surface area (Å²) in [6, 6.07) is 14.2. The van der Waals surface area contributed by atoms with Crippen molar-refractivity contribution in [1.29, 1.82) is 0 Å². The molecule has 1 heterocycles. The average molecular weight is 510 g/mol. The van der Waals surface area contributed by atoms with E-state index in [2.05, 4.69) is 15.4 Å². The van der Waals surface area contributed by atoms with Gasteiger partial charge in [-0.3, -0.25) is 4.72 Å². The van der Waals surface area contributed by atoms with Gasteiger partial charge in [-0.25, -0.2) is 13.2 Å². The molecule has 3 N–H and O–H groups in total. The van der Waals surface area contributed by atoms with Gasteiger partial charge in [0.25, 0.3) is 10.0 Å². The van der Waals surface area contributed by atoms with Crippen molar-refractivity contribution in [3.8, 4) is 0 Å². The molecule has 0 amide bonds. The second-order valence-corrected chi connectivity index (χ2v) is 10.2. The number of carbonyl (C=O) groups excluding carboxylic acids is 1. The fourth-order valence-corrected chi connectivity index (χ4v) is 5.14. The van der Waals surface area contributed by atoms with Gasteiger partial charge in [-0.15, -0.1) is 11.3 Å². The van der Waals surface area contributed by atoms with Crippen molar-refractivity contribution in [1.82, 2.24) is 0 Å². The maximum Gasteiger partial charge on any atom is 0.340 e. The second kappa shape index (κ2) is 10.3. The van der Waals surface area contributed by atoms with Gasteiger partial charge in [-0.2, -0.15) is 0 Å². The summed E-state index contributed by atoms with van der Waals surface area (Å²) in [5.41, 5.74) is 1.40. The topological polar surface area (TPSA) is 96.5 Å². The largest absolute Gasteiger partial charge is 0.465 e. The number of hydrogen-bond donors (Lipinski definition) is 3. The number of sulfonamides is 1. The zero-order valence-corrected chi connectivity index (χ0v) is 20.3. The van der Waals surface area contributed by atoms with Crippen molar-refractivity contribution >= 4 is 72.6 Å². The number of anilines is 3. The molecule has 0 fully saturated rings. The number of ether oxygens (including phenoxy) is 1. The molecule has 7 nitrogen and oxygen atoms in total. The monoisotopic (exact) mass is 509 g/mol. The van der Waals surface area contributed by atoms with E-state index in [1.807, 2.05) is 6.92 Å². The number of thiophene rings is 1. The lowest BCUT2D eigenvalue weighted by molar-refractivity contribution is 0.0602. The van der Waals surface area contributed by atoms with Gasteiger partial charge in [0.1, 0.15) is 5.00 Å². The zero-order valence-electron chi connectivity index (χ0n) is 17.1. The van der Waals surface area contributed by atoms with Gasteiger partial charge in [0.2, 0.25) is 0 Å². The highest BCUT2D eigenvalue weighted by Gasteiger charge is 2.18. The van der Waals surface area contributed by atoms with E-state index in [-0.39, 0.29) is 10.0 Å². The van der Waals surface area contributed by atoms with Gasteiger partial charge in [0.15, 0.2) is 5.11 Å². The van der Waals surface area contributed by atoms with Gasteiger partial charge in [-0.1, -0.05) is 18.5 Å². The van der Waals surface area contributed by atoms with Gasteiger partial charge < -0.3 is 15.4 Å². The van der Waals surface area contributed by atoms with Crippen LogP contribution in [0, 0.1) is 0 Å². The quantitative estimate of drug-likeness (QED) is 0.291. The number of benzene rings is 2. The minimum absolute atomic E-state index is 0.0932. The molecule has 0 aliphatic rings. The minimum atomic E-state index is -3.76. The molecule has 0 spiro atoms. The van der Waals surface area contributed by atoms with Crippen molar-refractivity contribution in [3.05, 3.63) is 70.1 Å². The van der Waals surface area contributed by atoms with Crippen LogP contribution in [-0.2, 0) is 21.2 Å². The molecular weight excluding hydrogens is 490 g/mol. The molecule has 0 atom stereocenters. The normalized spacial score (nSPS) is 11.0. The predicted octanol–water partition coefficient (Wildman–Crippen LogP) is 5.36. The number of carbonyl (C=O) groups is 1. The Morgan fingerprint density at radius 3 is 2.28 bits per heavy atom. The molecule has 0 aliphatic heterocycles. The van der Waals surface area contributed by atoms with Crippen LogP contribution < -0.4 is 15.4 Å². The van der Waals surface area contributed by atoms with Gasteiger partial charge in [-0.05, 0) is 73.2 Å². The molecular formula is C21H20ClN3O4S3. The summed E-state index contributed by atoms with van der Waals surface area (Å²) in [6.07, 6.45) is 0.774. The van der Waals surface area contributed by atoms with Crippen molar-refractivity contribution < 1.29 is 17.9 Å². The van der Waals surface area contributed by atoms with Crippen LogP contribution in [0.25, 0.3) is 0 Å². The Balaban J connectivity index is 1.68. The first-order valence-corrected chi connectivity index (χ1v) is 12.5. The van der Waals surface area contributed by atoms with Crippen molar-refractivity contribution in [2.45, 2.75) is 18.2 Å². The Labute approximate surface area is 200 Å². The summed E-state index contributed by atoms with van der Waals surface area (Å²) in [4.78, 5) is 13.1. The van der Waals surface area contributed by atoms with Crippen LogP contribution in [0.5, 0.6) is 0 Å². The highest BCUT2D eigenvalue weighted by atomic mass is 35.5. The Kier molecular flexibility index (Phi) is 7.73. The predicted molar refractivity (Wildman–Crippen MR) is 134 cm³/mol. The third kappa shape index (κ3) is 5.98. The van der Waals surface area contributed by atoms with Crippen molar-refractivity contribution in [2.24, 2.45) is 0 Å². The van der Waals surface area contributed by atoms with Gasteiger partial charge >= 0.3 is 5.97 Å². The van der Waals surface area contributed by atoms with Crippen LogP contribution >= 0.6 is 35.2 Å². The van der Waals surface area contributed by atoms with Crippen LogP contribution in [-0.4, -0.2) is 26.6 Å². The minimum Gasteiger partial charge on any atom is -0.465 e. The first kappa shape index (κ1) is 24.0. The maximum atomic E-state index is 12.6. The molecule has 2 aromatic carbocycles. The molecule has 0 bridgehead atoms. The van der Waals surface area contributed by atoms with Gasteiger partial charge in [0.05, 0.1) is 17.6 Å². The summed E-state index contributed by atoms with van der Waals surface area (Å²) in [6.45, 7) is 1.99. The molecule has 1 aromatic heterocycles. The Morgan fingerprint density at radius 1 is 1.06 bits per heavy atom. The molecule has 0 saturated heterocycles. The van der Waals surface area contributed by atoms with E-state index < -0.39 is 16.0 Å². The van der Waals surface area contributed by atoms with Gasteiger partial charge in [0, 0.05) is 21.3 Å². The van der Waals surface area contributed by atoms with E-state index in [1.54, 1.807) is 42.5 Å². The Bertz CT molecular complexity index is 1220. The highest BCUT2D eigenvalue weighted by molar-refractivity contribution is 7.92. The third-order valence-electron chi connectivity index (χ3n) is 4.28. The van der Waals surface area contributed by atoms with E-state index in [9.17, 15) is 13.2 Å². The number of aryl methyl sites for hydroxylation is 1. The summed E-state index contributed by atoms with van der Waals surface area (Å²) in [7, 11) is -2.43. The number of nitrogens with one attached hydrogen (secondary N) is 3. The van der Waals surface area contributed by atoms with Crippen LogP contribution in [0.1, 0.15) is 22.2 Å². The third-order valence-corrected chi connectivity index (χ3v) is 7.33. The molecule has 0 aliphatic carbocycles. The molecule has 168 valence electrons. The summed E-state index contributed by atoms with van der Waals surface area (Å²) in [5, 5.41) is 7.34. The number of hydrogen-bond acceptors (Lipinski definition) is 6. The molecule has 3 rings (SSSR count). The molecule has 0 saturated carbocycles. The van der Waals surface area contributed by atoms with Crippen LogP contribution in [0.3, 0.4) is 0 Å². The molecule has 3 aromatic rings. The van der Waals surface area contributed by atoms with E-state index >= 15 is 0 Å². The summed E-state index contributed by atoms with van der Waals surface area (Å²) < 4.78 is 32.5. The summed E-state index contributed by atoms with van der Waals surface area (Å²) >= 11 is 12.6. The fraction of sp³-hybridized carbons (Fsp3) is 0.143. The first-order valence-electron chi connectivity index (χ1n) is 9.39. The van der Waals surface area contributed by atoms with Crippen LogP contribution in [0.15, 0.2) is 59.5 Å². The average Bonchev–Trinajstić information content (AvgIpc) is 3.17. The Morgan fingerprint density at radius 2 is 1.69 bits per heavy atom. The number of methoxy groups -OCH3 is 1. The van der Waals surface area contributed by atoms with Crippen molar-refractivity contribution in [2.75, 3.05) is 22.5 Å². The molecule has 11 heteroatoms. The fourth-order valence-electron chi connectivity index (χ4n) is 2.69. The lowest BCUT2D eigenvalue weighted by Crippen LogP contribution is -2.20. The Hall–Kier alpha value is -2.66. The number of halogens is 1. The lowest BCUT2D eigenvalue weighted by Gasteiger charge is -2.12. The number of esters is 1. The van der Waals surface area contributed by atoms with E-state index in [0.29, 0.717) is 27.0 Å². The molecule has 0 radical (unpaired) electrons. The smallest absolute Gasteiger partial charge is 0.340 e. The van der Waals surface area contributed by atoms with E-state index in [1.165, 1.54) is 30.6 Å². The summed E-state index contributed by atoms with van der Waals surface area (Å²) in [5.74, 6) is -0.450. The molecule has 0 unspecified atom stereocenters. The van der Waals surface area contributed by atoms with Crippen LogP contribution in [0.4, 0.5) is 16.4 Å². The van der Waals surface area contributed by atoms with E-state index in [4.69, 9.17) is 28.6 Å². The number of rotatable bonds is 7. The standard InChI is InChI=1S/C21H20ClN3O4S3/c1-3-16-12-18(20(26)29-2)19(31-16)24-21(30)23-14-8-10-17(11-9-14)32(27,28)25-15-6-4-13(22)5-7-15/h4-12,25H,3H2,1-2H3,(H2,23,24,30). The SMILES string of the molecule is CCc1cc(C(=O)OC)c(NC(=S)Nc2ccc(S(=O)(=O)Nc3ccc(Cl)cc3)cc2)s1. The van der Waals surface area contributed by atoms with E-state index in [0.717, 1.165) is 11.3 Å². The first-order chi connectivity index (χ1) is 15.2. The molecule has 32 heavy (non-hydrogen) atoms. The zero-order chi connectivity index (χ0) is 23.3.